The topological polar surface area (TPSA) is 49.3 Å². The first-order chi connectivity index (χ1) is 9.41. The highest BCUT2D eigenvalue weighted by molar-refractivity contribution is 9.09. The number of piperazine rings is 1. The van der Waals surface area contributed by atoms with Gasteiger partial charge in [-0.15, -0.1) is 0 Å². The van der Waals surface area contributed by atoms with Crippen molar-refractivity contribution in [2.24, 2.45) is 0 Å². The predicted molar refractivity (Wildman–Crippen MR) is 69.6 cm³/mol. The minimum Gasteiger partial charge on any atom is -0.338 e. The molecule has 2 heterocycles. The summed E-state index contributed by atoms with van der Waals surface area (Å²) in [6.45, 7) is 2.03. The van der Waals surface area contributed by atoms with E-state index < -0.39 is 11.7 Å². The van der Waals surface area contributed by atoms with E-state index in [-0.39, 0.29) is 17.2 Å². The van der Waals surface area contributed by atoms with E-state index in [1.54, 1.807) is 9.80 Å². The average molecular weight is 353 g/mol. The number of halogens is 4. The van der Waals surface area contributed by atoms with Gasteiger partial charge in [-0.1, -0.05) is 15.9 Å². The van der Waals surface area contributed by atoms with Crippen molar-refractivity contribution < 1.29 is 18.0 Å². The van der Waals surface area contributed by atoms with Gasteiger partial charge >= 0.3 is 6.18 Å². The maximum absolute atomic E-state index is 12.4. The number of amides is 1. The van der Waals surface area contributed by atoms with Crippen LogP contribution in [-0.4, -0.2) is 52.3 Å². The van der Waals surface area contributed by atoms with E-state index in [0.717, 1.165) is 12.4 Å². The largest absolute Gasteiger partial charge is 0.419 e. The highest BCUT2D eigenvalue weighted by Crippen LogP contribution is 2.28. The van der Waals surface area contributed by atoms with Crippen LogP contribution in [0.25, 0.3) is 0 Å². The first-order valence-electron chi connectivity index (χ1n) is 5.89. The standard InChI is InChI=1S/C11H12BrF3N4O/c12-5-9(20)18-1-3-19(4-2-18)10-16-6-8(7-17-10)11(13,14)15/h6-7H,1-5H2. The molecular formula is C11H12BrF3N4O. The summed E-state index contributed by atoms with van der Waals surface area (Å²) in [4.78, 5) is 22.4. The van der Waals surface area contributed by atoms with Crippen molar-refractivity contribution in [1.29, 1.82) is 0 Å². The SMILES string of the molecule is O=C(CBr)N1CCN(c2ncc(C(F)(F)F)cn2)CC1. The van der Waals surface area contributed by atoms with E-state index in [2.05, 4.69) is 25.9 Å². The van der Waals surface area contributed by atoms with Gasteiger partial charge in [0.15, 0.2) is 0 Å². The number of hydrogen-bond donors (Lipinski definition) is 0. The molecule has 1 amide bonds. The second kappa shape index (κ2) is 5.94. The molecule has 1 fully saturated rings. The van der Waals surface area contributed by atoms with E-state index in [4.69, 9.17) is 0 Å². The number of anilines is 1. The molecule has 0 saturated carbocycles. The van der Waals surface area contributed by atoms with Gasteiger partial charge in [-0.3, -0.25) is 4.79 Å². The molecule has 1 aliphatic heterocycles. The Bertz CT molecular complexity index is 472. The fourth-order valence-corrected chi connectivity index (χ4v) is 2.23. The third-order valence-electron chi connectivity index (χ3n) is 3.00. The summed E-state index contributed by atoms with van der Waals surface area (Å²) in [5, 5.41) is 0.268. The third-order valence-corrected chi connectivity index (χ3v) is 3.47. The monoisotopic (exact) mass is 352 g/mol. The van der Waals surface area contributed by atoms with E-state index in [9.17, 15) is 18.0 Å². The van der Waals surface area contributed by atoms with Gasteiger partial charge in [0, 0.05) is 38.6 Å². The quantitative estimate of drug-likeness (QED) is 0.757. The lowest BCUT2D eigenvalue weighted by Gasteiger charge is -2.34. The molecule has 0 aliphatic carbocycles. The Morgan fingerprint density at radius 1 is 1.20 bits per heavy atom. The first-order valence-corrected chi connectivity index (χ1v) is 7.02. The van der Waals surface area contributed by atoms with Crippen LogP contribution in [0.1, 0.15) is 5.56 Å². The van der Waals surface area contributed by atoms with Crippen LogP contribution < -0.4 is 4.90 Å². The van der Waals surface area contributed by atoms with Crippen molar-refractivity contribution in [1.82, 2.24) is 14.9 Å². The number of aromatic nitrogens is 2. The Labute approximate surface area is 121 Å². The highest BCUT2D eigenvalue weighted by Gasteiger charge is 2.31. The van der Waals surface area contributed by atoms with E-state index in [1.807, 2.05) is 0 Å². The lowest BCUT2D eigenvalue weighted by atomic mass is 10.3. The lowest BCUT2D eigenvalue weighted by Crippen LogP contribution is -2.49. The van der Waals surface area contributed by atoms with Crippen molar-refractivity contribution in [3.8, 4) is 0 Å². The van der Waals surface area contributed by atoms with Crippen LogP contribution >= 0.6 is 15.9 Å². The maximum Gasteiger partial charge on any atom is 0.419 e. The smallest absolute Gasteiger partial charge is 0.338 e. The molecule has 0 spiro atoms. The molecule has 0 N–H and O–H groups in total. The van der Waals surface area contributed by atoms with Crippen LogP contribution in [0.2, 0.25) is 0 Å². The molecule has 110 valence electrons. The molecule has 1 saturated heterocycles. The molecule has 1 aromatic heterocycles. The lowest BCUT2D eigenvalue weighted by molar-refractivity contribution is -0.138. The van der Waals surface area contributed by atoms with Crippen molar-refractivity contribution >= 4 is 27.8 Å². The van der Waals surface area contributed by atoms with E-state index in [1.165, 1.54) is 0 Å². The molecule has 0 unspecified atom stereocenters. The molecule has 0 radical (unpaired) electrons. The van der Waals surface area contributed by atoms with Gasteiger partial charge in [-0.05, 0) is 0 Å². The number of hydrogen-bond acceptors (Lipinski definition) is 4. The molecule has 0 atom stereocenters. The van der Waals surface area contributed by atoms with Crippen molar-refractivity contribution in [2.75, 3.05) is 36.4 Å². The molecule has 1 aromatic rings. The Morgan fingerprint density at radius 3 is 2.20 bits per heavy atom. The number of alkyl halides is 4. The van der Waals surface area contributed by atoms with Gasteiger partial charge in [-0.2, -0.15) is 13.2 Å². The molecule has 9 heteroatoms. The second-order valence-electron chi connectivity index (χ2n) is 4.27. The van der Waals surface area contributed by atoms with Crippen molar-refractivity contribution in [3.05, 3.63) is 18.0 Å². The summed E-state index contributed by atoms with van der Waals surface area (Å²) >= 11 is 3.10. The Hall–Kier alpha value is -1.38. The van der Waals surface area contributed by atoms with Gasteiger partial charge in [0.05, 0.1) is 10.9 Å². The molecule has 2 rings (SSSR count). The zero-order chi connectivity index (χ0) is 14.8. The molecular weight excluding hydrogens is 341 g/mol. The summed E-state index contributed by atoms with van der Waals surface area (Å²) in [5.74, 6) is 0.252. The van der Waals surface area contributed by atoms with Gasteiger partial charge in [0.1, 0.15) is 0 Å². The van der Waals surface area contributed by atoms with Crippen LogP contribution in [0, 0.1) is 0 Å². The van der Waals surface area contributed by atoms with Crippen LogP contribution in [0.3, 0.4) is 0 Å². The van der Waals surface area contributed by atoms with Crippen molar-refractivity contribution in [3.63, 3.8) is 0 Å². The first kappa shape index (κ1) is 15.0. The summed E-state index contributed by atoms with van der Waals surface area (Å²) in [7, 11) is 0. The number of nitrogens with zero attached hydrogens (tertiary/aromatic N) is 4. The second-order valence-corrected chi connectivity index (χ2v) is 4.83. The molecule has 5 nitrogen and oxygen atoms in total. The Kier molecular flexibility index (Phi) is 4.46. The van der Waals surface area contributed by atoms with Gasteiger partial charge in [0.2, 0.25) is 11.9 Å². The maximum atomic E-state index is 12.4. The molecule has 20 heavy (non-hydrogen) atoms. The minimum absolute atomic E-state index is 0.00186. The van der Waals surface area contributed by atoms with E-state index >= 15 is 0 Å². The summed E-state index contributed by atoms with van der Waals surface area (Å²) in [5.41, 5.74) is -0.866. The minimum atomic E-state index is -4.43. The normalized spacial score (nSPS) is 16.4. The zero-order valence-corrected chi connectivity index (χ0v) is 12.0. The van der Waals surface area contributed by atoms with Crippen LogP contribution in [0.4, 0.5) is 19.1 Å². The molecule has 0 aromatic carbocycles. The van der Waals surface area contributed by atoms with Crippen LogP contribution in [0.15, 0.2) is 12.4 Å². The van der Waals surface area contributed by atoms with Gasteiger partial charge in [0.25, 0.3) is 0 Å². The fourth-order valence-electron chi connectivity index (χ4n) is 1.87. The number of rotatable bonds is 2. The van der Waals surface area contributed by atoms with E-state index in [0.29, 0.717) is 26.2 Å². The van der Waals surface area contributed by atoms with Crippen LogP contribution in [0.5, 0.6) is 0 Å². The van der Waals surface area contributed by atoms with Crippen LogP contribution in [-0.2, 0) is 11.0 Å². The summed E-state index contributed by atoms with van der Waals surface area (Å²) in [6.07, 6.45) is -2.88. The van der Waals surface area contributed by atoms with Crippen molar-refractivity contribution in [2.45, 2.75) is 6.18 Å². The zero-order valence-electron chi connectivity index (χ0n) is 10.4. The summed E-state index contributed by atoms with van der Waals surface area (Å²) in [6, 6.07) is 0. The molecule has 0 bridgehead atoms. The predicted octanol–water partition coefficient (Wildman–Crippen LogP) is 1.54. The number of carbonyl (C=O) groups is 1. The Morgan fingerprint density at radius 2 is 1.75 bits per heavy atom. The van der Waals surface area contributed by atoms with Gasteiger partial charge in [-0.25, -0.2) is 9.97 Å². The average Bonchev–Trinajstić information content (AvgIpc) is 2.46. The Balaban J connectivity index is 1.99. The van der Waals surface area contributed by atoms with Gasteiger partial charge < -0.3 is 9.80 Å². The highest BCUT2D eigenvalue weighted by atomic mass is 79.9. The number of carbonyl (C=O) groups excluding carboxylic acids is 1. The summed E-state index contributed by atoms with van der Waals surface area (Å²) < 4.78 is 37.2. The molecule has 1 aliphatic rings. The fraction of sp³-hybridized carbons (Fsp3) is 0.545. The third kappa shape index (κ3) is 3.38.